The van der Waals surface area contributed by atoms with Gasteiger partial charge < -0.3 is 29.3 Å². The molecule has 1 N–H and O–H groups in total. The molecule has 11 heteroatoms. The van der Waals surface area contributed by atoms with Crippen molar-refractivity contribution in [2.75, 3.05) is 49.1 Å². The highest BCUT2D eigenvalue weighted by Gasteiger charge is 2.47. The number of hydrogen-bond donors (Lipinski definition) is 1. The van der Waals surface area contributed by atoms with Crippen molar-refractivity contribution in [3.63, 3.8) is 0 Å². The van der Waals surface area contributed by atoms with Gasteiger partial charge in [-0.2, -0.15) is 10.2 Å². The molecule has 3 aromatic rings. The van der Waals surface area contributed by atoms with E-state index in [1.807, 2.05) is 49.9 Å². The van der Waals surface area contributed by atoms with Crippen LogP contribution in [0.2, 0.25) is 0 Å². The van der Waals surface area contributed by atoms with Gasteiger partial charge in [0.25, 0.3) is 0 Å². The van der Waals surface area contributed by atoms with Crippen molar-refractivity contribution in [3.8, 4) is 17.7 Å². The second-order valence-corrected chi connectivity index (χ2v) is 16.4. The van der Waals surface area contributed by atoms with Crippen molar-refractivity contribution in [3.05, 3.63) is 51.5 Å². The number of amides is 1. The van der Waals surface area contributed by atoms with Crippen molar-refractivity contribution in [1.82, 2.24) is 14.8 Å². The van der Waals surface area contributed by atoms with Crippen LogP contribution in [0.4, 0.5) is 16.3 Å². The van der Waals surface area contributed by atoms with Crippen molar-refractivity contribution < 1.29 is 19.4 Å². The number of likely N-dealkylation sites (tertiary alicyclic amines) is 1. The van der Waals surface area contributed by atoms with Crippen molar-refractivity contribution in [1.29, 1.82) is 5.26 Å². The van der Waals surface area contributed by atoms with Crippen LogP contribution in [-0.4, -0.2) is 88.5 Å². The van der Waals surface area contributed by atoms with Crippen LogP contribution in [0, 0.1) is 11.3 Å². The Bertz CT molecular complexity index is 1830. The van der Waals surface area contributed by atoms with Gasteiger partial charge in [0.2, 0.25) is 5.88 Å². The third-order valence-electron chi connectivity index (χ3n) is 11.3. The number of fused-ring (bicyclic) bond motifs is 5. The summed E-state index contributed by atoms with van der Waals surface area (Å²) in [4.78, 5) is 27.5. The molecule has 4 saturated heterocycles. The number of carbonyl (C=O) groups excluding carboxylic acids is 1. The lowest BCUT2D eigenvalue weighted by Crippen LogP contribution is -2.57. The Morgan fingerprint density at radius 3 is 2.53 bits per heavy atom. The normalized spacial score (nSPS) is 23.0. The van der Waals surface area contributed by atoms with Gasteiger partial charge in [-0.15, -0.1) is 0 Å². The number of carbonyl (C=O) groups is 1. The quantitative estimate of drug-likeness (QED) is 0.306. The summed E-state index contributed by atoms with van der Waals surface area (Å²) in [5, 5.41) is 23.5. The maximum Gasteiger partial charge on any atom is 0.410 e. The topological polar surface area (TPSA) is 105 Å². The van der Waals surface area contributed by atoms with Crippen LogP contribution >= 0.6 is 15.9 Å². The first-order valence-electron chi connectivity index (χ1n) is 17.8. The van der Waals surface area contributed by atoms with Crippen LogP contribution in [-0.2, 0) is 17.7 Å². The summed E-state index contributed by atoms with van der Waals surface area (Å²) in [6.07, 6.45) is 6.91. The fourth-order valence-corrected chi connectivity index (χ4v) is 9.79. The number of hydrogen-bond acceptors (Lipinski definition) is 9. The lowest BCUT2D eigenvalue weighted by molar-refractivity contribution is 0.0209. The van der Waals surface area contributed by atoms with Gasteiger partial charge in [0, 0.05) is 71.0 Å². The van der Waals surface area contributed by atoms with Crippen LogP contribution in [0.3, 0.4) is 0 Å². The number of anilines is 2. The Kier molecular flexibility index (Phi) is 8.10. The molecule has 2 bridgehead atoms. The van der Waals surface area contributed by atoms with Gasteiger partial charge in [-0.25, -0.2) is 4.79 Å². The number of rotatable bonds is 5. The minimum absolute atomic E-state index is 0.0152. The molecule has 5 aliphatic heterocycles. The number of phenols is 1. The molecular weight excluding hydrogens is 684 g/mol. The predicted molar refractivity (Wildman–Crippen MR) is 192 cm³/mol. The molecule has 0 saturated carbocycles. The predicted octanol–water partition coefficient (Wildman–Crippen LogP) is 6.73. The summed E-state index contributed by atoms with van der Waals surface area (Å²) >= 11 is 3.76. The zero-order valence-electron chi connectivity index (χ0n) is 28.7. The first-order valence-corrected chi connectivity index (χ1v) is 18.6. The maximum atomic E-state index is 13.1. The van der Waals surface area contributed by atoms with Gasteiger partial charge in [0.1, 0.15) is 35.4 Å². The number of aromatic hydroxyl groups is 1. The van der Waals surface area contributed by atoms with Gasteiger partial charge >= 0.3 is 6.09 Å². The number of pyridine rings is 1. The lowest BCUT2D eigenvalue weighted by Gasteiger charge is -2.44. The van der Waals surface area contributed by atoms with Crippen LogP contribution in [0.25, 0.3) is 10.8 Å². The molecule has 49 heavy (non-hydrogen) atoms. The minimum atomic E-state index is -0.552. The van der Waals surface area contributed by atoms with E-state index >= 15 is 0 Å². The van der Waals surface area contributed by atoms with E-state index in [-0.39, 0.29) is 29.5 Å². The van der Waals surface area contributed by atoms with Crippen LogP contribution in [0.1, 0.15) is 76.0 Å². The first kappa shape index (κ1) is 32.5. The Morgan fingerprint density at radius 2 is 1.84 bits per heavy atom. The zero-order valence-corrected chi connectivity index (χ0v) is 30.3. The van der Waals surface area contributed by atoms with Gasteiger partial charge in [-0.1, -0.05) is 28.1 Å². The van der Waals surface area contributed by atoms with Crippen LogP contribution in [0.5, 0.6) is 11.6 Å². The molecule has 1 amide bonds. The molecule has 2 aromatic carbocycles. The molecule has 6 heterocycles. The van der Waals surface area contributed by atoms with E-state index in [2.05, 4.69) is 36.7 Å². The Morgan fingerprint density at radius 1 is 1.10 bits per heavy atom. The fourth-order valence-electron chi connectivity index (χ4n) is 9.21. The molecule has 0 aliphatic carbocycles. The maximum absolute atomic E-state index is 13.1. The van der Waals surface area contributed by atoms with Crippen LogP contribution in [0.15, 0.2) is 34.8 Å². The van der Waals surface area contributed by atoms with Gasteiger partial charge in [-0.05, 0) is 96.3 Å². The summed E-state index contributed by atoms with van der Waals surface area (Å²) in [5.74, 6) is 1.53. The van der Waals surface area contributed by atoms with E-state index < -0.39 is 5.60 Å². The molecule has 0 spiro atoms. The molecule has 4 fully saturated rings. The van der Waals surface area contributed by atoms with E-state index in [0.29, 0.717) is 50.7 Å². The number of halogens is 1. The molecule has 0 unspecified atom stereocenters. The highest BCUT2D eigenvalue weighted by Crippen LogP contribution is 2.45. The van der Waals surface area contributed by atoms with E-state index in [1.54, 1.807) is 6.07 Å². The number of nitrogens with zero attached hydrogens (tertiary/aromatic N) is 6. The van der Waals surface area contributed by atoms with E-state index in [9.17, 15) is 15.2 Å². The number of ether oxygens (including phenoxy) is 2. The SMILES string of the molecule is CC(C)(C)OC(=O)N1C[C@H]2CC[C@@H](C1)N2c1nc(OCC23CCCN2CCC3)c(C#N)c2c1CCN(c1cc(O)cc3cccc(Br)c13)C2. The van der Waals surface area contributed by atoms with Crippen LogP contribution < -0.4 is 14.5 Å². The van der Waals surface area contributed by atoms with Gasteiger partial charge in [-0.3, -0.25) is 4.90 Å². The molecule has 2 atom stereocenters. The van der Waals surface area contributed by atoms with Gasteiger partial charge in [0.05, 0.1) is 5.54 Å². The lowest BCUT2D eigenvalue weighted by atomic mass is 9.93. The average Bonchev–Trinajstić information content (AvgIpc) is 3.72. The molecule has 10 nitrogen and oxygen atoms in total. The van der Waals surface area contributed by atoms with E-state index in [4.69, 9.17) is 14.5 Å². The minimum Gasteiger partial charge on any atom is -0.508 e. The molecule has 1 aromatic heterocycles. The third-order valence-corrected chi connectivity index (χ3v) is 12.0. The number of aromatic nitrogens is 1. The van der Waals surface area contributed by atoms with E-state index in [1.165, 1.54) is 12.8 Å². The molecule has 5 aliphatic rings. The number of nitriles is 1. The highest BCUT2D eigenvalue weighted by atomic mass is 79.9. The summed E-state index contributed by atoms with van der Waals surface area (Å²) in [7, 11) is 0. The number of phenolic OH excluding ortho intramolecular Hbond substituents is 1. The summed E-state index contributed by atoms with van der Waals surface area (Å²) in [6.45, 7) is 10.8. The largest absolute Gasteiger partial charge is 0.508 e. The summed E-state index contributed by atoms with van der Waals surface area (Å²) in [5.41, 5.74) is 2.93. The Hall–Kier alpha value is -3.75. The Labute approximate surface area is 296 Å². The first-order chi connectivity index (χ1) is 23.5. The molecular formula is C38H45BrN6O4. The second-order valence-electron chi connectivity index (χ2n) is 15.5. The smallest absolute Gasteiger partial charge is 0.410 e. The van der Waals surface area contributed by atoms with Crippen molar-refractivity contribution >= 4 is 44.3 Å². The third kappa shape index (κ3) is 5.75. The van der Waals surface area contributed by atoms with Crippen molar-refractivity contribution in [2.24, 2.45) is 0 Å². The standard InChI is InChI=1S/C38H45BrN6O4/c1-37(2,3)49-36(47)43-20-25-9-10-26(21-43)45(25)34-28-11-16-42(32-18-27(46)17-24-7-4-8-31(39)33(24)32)22-30(28)29(19-40)35(41-34)48-23-38-12-5-14-44(38)15-6-13-38/h4,7-8,17-18,25-26,46H,5-6,9-16,20-23H2,1-3H3/t25-,26+. The fraction of sp³-hybridized carbons (Fsp3) is 0.553. The van der Waals surface area contributed by atoms with Gasteiger partial charge in [0.15, 0.2) is 0 Å². The molecule has 258 valence electrons. The van der Waals surface area contributed by atoms with E-state index in [0.717, 1.165) is 76.7 Å². The number of benzene rings is 2. The van der Waals surface area contributed by atoms with Crippen molar-refractivity contribution in [2.45, 2.75) is 95.5 Å². The zero-order chi connectivity index (χ0) is 34.1. The summed E-state index contributed by atoms with van der Waals surface area (Å²) in [6, 6.07) is 12.4. The number of piperazine rings is 1. The molecule has 0 radical (unpaired) electrons. The summed E-state index contributed by atoms with van der Waals surface area (Å²) < 4.78 is 13.4. The monoisotopic (exact) mass is 728 g/mol. The molecule has 8 rings (SSSR count). The second kappa shape index (κ2) is 12.2. The average molecular weight is 730 g/mol. The highest BCUT2D eigenvalue weighted by molar-refractivity contribution is 9.10. The Balaban J connectivity index is 1.19.